The maximum atomic E-state index is 12.0. The lowest BCUT2D eigenvalue weighted by Crippen LogP contribution is -2.49. The van der Waals surface area contributed by atoms with Crippen molar-refractivity contribution < 1.29 is 13.2 Å². The van der Waals surface area contributed by atoms with Crippen LogP contribution in [0.15, 0.2) is 24.3 Å². The fourth-order valence-electron chi connectivity index (χ4n) is 2.67. The zero-order chi connectivity index (χ0) is 16.4. The predicted octanol–water partition coefficient (Wildman–Crippen LogP) is 1.68. The molecular formula is C15H21ClN2O3S. The summed E-state index contributed by atoms with van der Waals surface area (Å²) in [5, 5.41) is 6.57. The van der Waals surface area contributed by atoms with Crippen LogP contribution >= 0.6 is 11.6 Å². The van der Waals surface area contributed by atoms with E-state index in [1.807, 2.05) is 25.1 Å². The van der Waals surface area contributed by atoms with Gasteiger partial charge in [0.2, 0.25) is 5.91 Å². The summed E-state index contributed by atoms with van der Waals surface area (Å²) in [6.45, 7) is 3.81. The van der Waals surface area contributed by atoms with Crippen LogP contribution in [0.25, 0.3) is 0 Å². The molecule has 1 amide bonds. The first kappa shape index (κ1) is 17.2. The molecule has 0 radical (unpaired) electrons. The molecule has 1 aliphatic heterocycles. The lowest BCUT2D eigenvalue weighted by molar-refractivity contribution is -0.121. The van der Waals surface area contributed by atoms with Gasteiger partial charge in [0.25, 0.3) is 0 Å². The van der Waals surface area contributed by atoms with Gasteiger partial charge >= 0.3 is 0 Å². The van der Waals surface area contributed by atoms with Gasteiger partial charge in [-0.25, -0.2) is 8.42 Å². The summed E-state index contributed by atoms with van der Waals surface area (Å²) in [4.78, 5) is 12.0. The molecule has 122 valence electrons. The fraction of sp³-hybridized carbons (Fsp3) is 0.533. The van der Waals surface area contributed by atoms with Gasteiger partial charge in [-0.15, -0.1) is 0 Å². The summed E-state index contributed by atoms with van der Waals surface area (Å²) >= 11 is 6.12. The number of carbonyl (C=O) groups excluding carboxylic acids is 1. The molecule has 7 heteroatoms. The third-order valence-electron chi connectivity index (χ3n) is 3.89. The number of amides is 1. The van der Waals surface area contributed by atoms with Gasteiger partial charge in [0.05, 0.1) is 23.6 Å². The predicted molar refractivity (Wildman–Crippen MR) is 87.7 cm³/mol. The van der Waals surface area contributed by atoms with Crippen LogP contribution in [0.1, 0.15) is 31.9 Å². The molecule has 1 aromatic rings. The second kappa shape index (κ2) is 6.56. The van der Waals surface area contributed by atoms with E-state index in [9.17, 15) is 13.2 Å². The van der Waals surface area contributed by atoms with Gasteiger partial charge in [0, 0.05) is 11.1 Å². The van der Waals surface area contributed by atoms with E-state index in [4.69, 9.17) is 11.6 Å². The monoisotopic (exact) mass is 344 g/mol. The Kier molecular flexibility index (Phi) is 5.14. The normalized spacial score (nSPS) is 24.9. The first-order chi connectivity index (χ1) is 10.2. The van der Waals surface area contributed by atoms with Crippen molar-refractivity contribution in [2.75, 3.05) is 18.1 Å². The number of hydrogen-bond donors (Lipinski definition) is 2. The molecule has 1 heterocycles. The Morgan fingerprint density at radius 3 is 2.68 bits per heavy atom. The van der Waals surface area contributed by atoms with Gasteiger partial charge in [-0.1, -0.05) is 29.8 Å². The number of carbonyl (C=O) groups is 1. The largest absolute Gasteiger partial charge is 0.349 e. The molecule has 0 spiro atoms. The van der Waals surface area contributed by atoms with Crippen LogP contribution in [-0.4, -0.2) is 37.9 Å². The molecule has 1 aliphatic rings. The van der Waals surface area contributed by atoms with Crippen molar-refractivity contribution >= 4 is 27.3 Å². The second-order valence-corrected chi connectivity index (χ2v) is 8.67. The molecule has 2 rings (SSSR count). The summed E-state index contributed by atoms with van der Waals surface area (Å²) in [6.07, 6.45) is 0.459. The first-order valence-electron chi connectivity index (χ1n) is 7.20. The molecule has 1 saturated heterocycles. The molecule has 0 unspecified atom stereocenters. The number of hydrogen-bond acceptors (Lipinski definition) is 4. The number of benzene rings is 1. The van der Waals surface area contributed by atoms with Crippen molar-refractivity contribution in [3.8, 4) is 0 Å². The van der Waals surface area contributed by atoms with E-state index in [0.717, 1.165) is 5.56 Å². The molecule has 2 atom stereocenters. The quantitative estimate of drug-likeness (QED) is 0.852. The highest BCUT2D eigenvalue weighted by atomic mass is 35.5. The van der Waals surface area contributed by atoms with Crippen LogP contribution in [0.4, 0.5) is 0 Å². The highest BCUT2D eigenvalue weighted by molar-refractivity contribution is 7.91. The maximum Gasteiger partial charge on any atom is 0.234 e. The summed E-state index contributed by atoms with van der Waals surface area (Å²) < 4.78 is 23.1. The minimum absolute atomic E-state index is 0.00576. The average molecular weight is 345 g/mol. The minimum Gasteiger partial charge on any atom is -0.349 e. The Balaban J connectivity index is 1.87. The van der Waals surface area contributed by atoms with E-state index in [0.29, 0.717) is 11.4 Å². The summed E-state index contributed by atoms with van der Waals surface area (Å²) in [6, 6.07) is 7.39. The van der Waals surface area contributed by atoms with Crippen LogP contribution in [0.2, 0.25) is 5.02 Å². The minimum atomic E-state index is -3.03. The topological polar surface area (TPSA) is 75.3 Å². The van der Waals surface area contributed by atoms with Gasteiger partial charge in [-0.2, -0.15) is 0 Å². The zero-order valence-electron chi connectivity index (χ0n) is 12.7. The van der Waals surface area contributed by atoms with Gasteiger partial charge in [0.15, 0.2) is 9.84 Å². The lowest BCUT2D eigenvalue weighted by Gasteiger charge is -2.24. The zero-order valence-corrected chi connectivity index (χ0v) is 14.3. The third-order valence-corrected chi connectivity index (χ3v) is 6.13. The molecule has 5 nitrogen and oxygen atoms in total. The lowest BCUT2D eigenvalue weighted by atomic mass is 10.0. The fourth-order valence-corrected chi connectivity index (χ4v) is 5.06. The van der Waals surface area contributed by atoms with Gasteiger partial charge in [0.1, 0.15) is 0 Å². The Bertz CT molecular complexity index is 663. The molecule has 0 aromatic heterocycles. The molecule has 0 saturated carbocycles. The Morgan fingerprint density at radius 1 is 1.41 bits per heavy atom. The number of sulfone groups is 1. The van der Waals surface area contributed by atoms with Crippen LogP contribution in [0, 0.1) is 0 Å². The molecule has 2 N–H and O–H groups in total. The van der Waals surface area contributed by atoms with Crippen LogP contribution in [0.3, 0.4) is 0 Å². The van der Waals surface area contributed by atoms with Crippen molar-refractivity contribution in [1.82, 2.24) is 10.6 Å². The number of nitrogens with one attached hydrogen (secondary N) is 2. The van der Waals surface area contributed by atoms with E-state index in [1.165, 1.54) is 0 Å². The van der Waals surface area contributed by atoms with E-state index in [2.05, 4.69) is 10.6 Å². The number of halogens is 1. The molecule has 1 aromatic carbocycles. The van der Waals surface area contributed by atoms with Crippen molar-refractivity contribution in [3.05, 3.63) is 34.9 Å². The third kappa shape index (κ3) is 4.44. The standard InChI is InChI=1S/C15H21ClN2O3S/c1-11(12-5-3-4-6-13(12)16)17-9-14(19)18-15(2)7-8-22(20,21)10-15/h3-6,11,17H,7-10H2,1-2H3,(H,18,19)/t11-,15-/m1/s1. The van der Waals surface area contributed by atoms with Crippen molar-refractivity contribution in [2.24, 2.45) is 0 Å². The van der Waals surface area contributed by atoms with Crippen molar-refractivity contribution in [3.63, 3.8) is 0 Å². The van der Waals surface area contributed by atoms with Gasteiger partial charge in [-0.3, -0.25) is 4.79 Å². The molecule has 0 bridgehead atoms. The van der Waals surface area contributed by atoms with E-state index in [-0.39, 0.29) is 30.0 Å². The Labute approximate surface area is 136 Å². The van der Waals surface area contributed by atoms with E-state index in [1.54, 1.807) is 13.0 Å². The second-order valence-electron chi connectivity index (χ2n) is 6.07. The van der Waals surface area contributed by atoms with Crippen molar-refractivity contribution in [2.45, 2.75) is 31.8 Å². The SMILES string of the molecule is C[C@@H](NCC(=O)N[C@]1(C)CCS(=O)(=O)C1)c1ccccc1Cl. The first-order valence-corrected chi connectivity index (χ1v) is 9.40. The number of rotatable bonds is 5. The van der Waals surface area contributed by atoms with Gasteiger partial charge in [-0.05, 0) is 31.9 Å². The molecule has 0 aliphatic carbocycles. The van der Waals surface area contributed by atoms with Crippen LogP contribution in [-0.2, 0) is 14.6 Å². The summed E-state index contributed by atoms with van der Waals surface area (Å²) in [7, 11) is -3.03. The molecule has 22 heavy (non-hydrogen) atoms. The average Bonchev–Trinajstić information content (AvgIpc) is 2.70. The maximum absolute atomic E-state index is 12.0. The summed E-state index contributed by atoms with van der Waals surface area (Å²) in [5.41, 5.74) is 0.261. The highest BCUT2D eigenvalue weighted by Gasteiger charge is 2.39. The molecular weight excluding hydrogens is 324 g/mol. The van der Waals surface area contributed by atoms with Crippen molar-refractivity contribution in [1.29, 1.82) is 0 Å². The molecule has 1 fully saturated rings. The van der Waals surface area contributed by atoms with E-state index >= 15 is 0 Å². The van der Waals surface area contributed by atoms with Crippen LogP contribution in [0.5, 0.6) is 0 Å². The smallest absolute Gasteiger partial charge is 0.234 e. The highest BCUT2D eigenvalue weighted by Crippen LogP contribution is 2.23. The Hall–Kier alpha value is -1.11. The summed E-state index contributed by atoms with van der Waals surface area (Å²) in [5.74, 6) is -0.0718. The Morgan fingerprint density at radius 2 is 2.09 bits per heavy atom. The van der Waals surface area contributed by atoms with Crippen LogP contribution < -0.4 is 10.6 Å². The van der Waals surface area contributed by atoms with E-state index < -0.39 is 15.4 Å². The van der Waals surface area contributed by atoms with Gasteiger partial charge < -0.3 is 10.6 Å².